The van der Waals surface area contributed by atoms with E-state index in [0.29, 0.717) is 12.3 Å². The number of aliphatic carboxylic acids is 1. The van der Waals surface area contributed by atoms with Gasteiger partial charge in [-0.3, -0.25) is 9.59 Å². The first-order chi connectivity index (χ1) is 7.55. The van der Waals surface area contributed by atoms with Crippen molar-refractivity contribution >= 4 is 11.9 Å². The van der Waals surface area contributed by atoms with Gasteiger partial charge in [-0.25, -0.2) is 0 Å². The quantitative estimate of drug-likeness (QED) is 0.757. The Hall–Kier alpha value is -1.10. The molecule has 17 heavy (non-hydrogen) atoms. The molecule has 100 valence electrons. The minimum atomic E-state index is -1.02. The van der Waals surface area contributed by atoms with Gasteiger partial charge in [-0.05, 0) is 33.1 Å². The van der Waals surface area contributed by atoms with Crippen molar-refractivity contribution in [2.45, 2.75) is 52.6 Å². The van der Waals surface area contributed by atoms with Crippen LogP contribution in [0.5, 0.6) is 0 Å². The molecule has 0 rings (SSSR count). The summed E-state index contributed by atoms with van der Waals surface area (Å²) in [6.45, 7) is 9.05. The maximum atomic E-state index is 12.1. The zero-order valence-electron chi connectivity index (χ0n) is 11.4. The Morgan fingerprint density at radius 3 is 2.06 bits per heavy atom. The van der Waals surface area contributed by atoms with Crippen LogP contribution in [0, 0.1) is 5.92 Å². The molecule has 0 saturated carbocycles. The summed E-state index contributed by atoms with van der Waals surface area (Å²) in [7, 11) is 0. The third-order valence-electron chi connectivity index (χ3n) is 2.41. The Labute approximate surface area is 103 Å². The molecule has 0 bridgehead atoms. The number of hydrogen-bond acceptors (Lipinski definition) is 3. The van der Waals surface area contributed by atoms with Crippen LogP contribution in [0.3, 0.4) is 0 Å². The molecule has 0 aromatic heterocycles. The molecule has 0 fully saturated rings. The minimum absolute atomic E-state index is 0.298. The summed E-state index contributed by atoms with van der Waals surface area (Å²) < 4.78 is 0. The van der Waals surface area contributed by atoms with E-state index in [1.165, 1.54) is 4.90 Å². The Morgan fingerprint density at radius 2 is 1.76 bits per heavy atom. The van der Waals surface area contributed by atoms with Gasteiger partial charge >= 0.3 is 5.97 Å². The van der Waals surface area contributed by atoms with Gasteiger partial charge < -0.3 is 15.7 Å². The highest BCUT2D eigenvalue weighted by Crippen LogP contribution is 2.16. The van der Waals surface area contributed by atoms with Crippen LogP contribution in [0.4, 0.5) is 0 Å². The minimum Gasteiger partial charge on any atom is -0.480 e. The normalized spacial score (nSPS) is 13.6. The van der Waals surface area contributed by atoms with Crippen LogP contribution in [0.2, 0.25) is 0 Å². The second-order valence-corrected chi connectivity index (χ2v) is 5.72. The molecule has 0 spiro atoms. The van der Waals surface area contributed by atoms with Gasteiger partial charge in [-0.15, -0.1) is 0 Å². The lowest BCUT2D eigenvalue weighted by atomic mass is 10.00. The van der Waals surface area contributed by atoms with Gasteiger partial charge in [0, 0.05) is 5.54 Å². The number of carboxylic acids is 1. The number of hydrogen-bond donors (Lipinski definition) is 2. The van der Waals surface area contributed by atoms with Crippen LogP contribution in [0.1, 0.15) is 41.0 Å². The van der Waals surface area contributed by atoms with Gasteiger partial charge in [-0.1, -0.05) is 13.8 Å². The van der Waals surface area contributed by atoms with Gasteiger partial charge in [0.25, 0.3) is 0 Å². The molecule has 0 radical (unpaired) electrons. The maximum absolute atomic E-state index is 12.1. The fourth-order valence-corrected chi connectivity index (χ4v) is 1.59. The first-order valence-electron chi connectivity index (χ1n) is 5.84. The first kappa shape index (κ1) is 15.9. The number of carbonyl (C=O) groups excluding carboxylic acids is 1. The maximum Gasteiger partial charge on any atom is 0.323 e. The molecular weight excluding hydrogens is 220 g/mol. The van der Waals surface area contributed by atoms with Crippen molar-refractivity contribution in [2.24, 2.45) is 11.7 Å². The predicted molar refractivity (Wildman–Crippen MR) is 66.5 cm³/mol. The molecule has 0 aliphatic heterocycles. The molecular formula is C12H24N2O3. The van der Waals surface area contributed by atoms with Gasteiger partial charge in [0.15, 0.2) is 0 Å². The standard InChI is InChI=1S/C12H24N2O3/c1-8(2)6-9(13)11(17)14(7-10(15)16)12(3,4)5/h8-9H,6-7,13H2,1-5H3,(H,15,16)/t9-/m0/s1. The smallest absolute Gasteiger partial charge is 0.323 e. The molecule has 1 atom stereocenters. The van der Waals surface area contributed by atoms with Crippen LogP contribution in [-0.4, -0.2) is 40.0 Å². The van der Waals surface area contributed by atoms with E-state index in [2.05, 4.69) is 0 Å². The third-order valence-corrected chi connectivity index (χ3v) is 2.41. The highest BCUT2D eigenvalue weighted by atomic mass is 16.4. The molecule has 0 aliphatic carbocycles. The van der Waals surface area contributed by atoms with Crippen molar-refractivity contribution in [1.82, 2.24) is 4.90 Å². The second-order valence-electron chi connectivity index (χ2n) is 5.72. The molecule has 3 N–H and O–H groups in total. The molecule has 0 aromatic carbocycles. The monoisotopic (exact) mass is 244 g/mol. The number of carboxylic acid groups (broad SMARTS) is 1. The number of rotatable bonds is 5. The van der Waals surface area contributed by atoms with Crippen LogP contribution >= 0.6 is 0 Å². The molecule has 5 heteroatoms. The first-order valence-corrected chi connectivity index (χ1v) is 5.84. The molecule has 0 aromatic rings. The van der Waals surface area contributed by atoms with Crippen molar-refractivity contribution in [3.63, 3.8) is 0 Å². The zero-order valence-corrected chi connectivity index (χ0v) is 11.4. The molecule has 1 amide bonds. The summed E-state index contributed by atoms with van der Waals surface area (Å²) in [4.78, 5) is 24.2. The zero-order chi connectivity index (χ0) is 13.8. The average molecular weight is 244 g/mol. The summed E-state index contributed by atoms with van der Waals surface area (Å²) in [6, 6.07) is -0.631. The SMILES string of the molecule is CC(C)C[C@H](N)C(=O)N(CC(=O)O)C(C)(C)C. The highest BCUT2D eigenvalue weighted by molar-refractivity contribution is 5.85. The van der Waals surface area contributed by atoms with Crippen molar-refractivity contribution < 1.29 is 14.7 Å². The summed E-state index contributed by atoms with van der Waals surface area (Å²) in [5.74, 6) is -1.01. The Balaban J connectivity index is 4.81. The van der Waals surface area contributed by atoms with Crippen LogP contribution < -0.4 is 5.73 Å². The fourth-order valence-electron chi connectivity index (χ4n) is 1.59. The van der Waals surface area contributed by atoms with Gasteiger partial charge in [0.2, 0.25) is 5.91 Å². The van der Waals surface area contributed by atoms with Crippen molar-refractivity contribution in [1.29, 1.82) is 0 Å². The lowest BCUT2D eigenvalue weighted by Crippen LogP contribution is -2.54. The number of nitrogens with zero attached hydrogens (tertiary/aromatic N) is 1. The van der Waals surface area contributed by atoms with Crippen molar-refractivity contribution in [3.05, 3.63) is 0 Å². The van der Waals surface area contributed by atoms with E-state index in [0.717, 1.165) is 0 Å². The van der Waals surface area contributed by atoms with E-state index in [4.69, 9.17) is 10.8 Å². The van der Waals surface area contributed by atoms with E-state index in [1.807, 2.05) is 13.8 Å². The second kappa shape index (κ2) is 6.00. The molecule has 0 saturated heterocycles. The Morgan fingerprint density at radius 1 is 1.29 bits per heavy atom. The Kier molecular flexibility index (Phi) is 5.61. The van der Waals surface area contributed by atoms with Gasteiger partial charge in [0.05, 0.1) is 6.04 Å². The largest absolute Gasteiger partial charge is 0.480 e. The van der Waals surface area contributed by atoms with E-state index in [9.17, 15) is 9.59 Å². The van der Waals surface area contributed by atoms with Crippen LogP contribution in [0.25, 0.3) is 0 Å². The molecule has 0 heterocycles. The lowest BCUT2D eigenvalue weighted by Gasteiger charge is -2.36. The number of carbonyl (C=O) groups is 2. The predicted octanol–water partition coefficient (Wildman–Crippen LogP) is 1.07. The summed E-state index contributed by atoms with van der Waals surface area (Å²) in [6.07, 6.45) is 0.561. The summed E-state index contributed by atoms with van der Waals surface area (Å²) >= 11 is 0. The third kappa shape index (κ3) is 5.68. The summed E-state index contributed by atoms with van der Waals surface area (Å²) in [5, 5.41) is 8.83. The topological polar surface area (TPSA) is 83.6 Å². The Bertz CT molecular complexity index is 282. The fraction of sp³-hybridized carbons (Fsp3) is 0.833. The van der Waals surface area contributed by atoms with Crippen molar-refractivity contribution in [3.8, 4) is 0 Å². The highest BCUT2D eigenvalue weighted by Gasteiger charge is 2.31. The molecule has 0 aliphatic rings. The number of nitrogens with two attached hydrogens (primary N) is 1. The average Bonchev–Trinajstić information content (AvgIpc) is 2.09. The lowest BCUT2D eigenvalue weighted by molar-refractivity contribution is -0.149. The van der Waals surface area contributed by atoms with E-state index in [-0.39, 0.29) is 12.5 Å². The molecule has 0 unspecified atom stereocenters. The molecule has 5 nitrogen and oxygen atoms in total. The van der Waals surface area contributed by atoms with E-state index >= 15 is 0 Å². The van der Waals surface area contributed by atoms with E-state index < -0.39 is 17.6 Å². The van der Waals surface area contributed by atoms with Crippen LogP contribution in [-0.2, 0) is 9.59 Å². The van der Waals surface area contributed by atoms with Gasteiger partial charge in [0.1, 0.15) is 6.54 Å². The van der Waals surface area contributed by atoms with Crippen LogP contribution in [0.15, 0.2) is 0 Å². The number of amides is 1. The van der Waals surface area contributed by atoms with Crippen molar-refractivity contribution in [2.75, 3.05) is 6.54 Å². The van der Waals surface area contributed by atoms with Gasteiger partial charge in [-0.2, -0.15) is 0 Å². The van der Waals surface area contributed by atoms with E-state index in [1.54, 1.807) is 20.8 Å². The summed E-state index contributed by atoms with van der Waals surface area (Å²) in [5.41, 5.74) is 5.27.